The SMILES string of the molecule is CC(C)(C)OC(=O)N1CC=C(c2cc(C(F)(F)F)c3ccc4nc(-c5nnco5)cn4c3n2)CC1. The predicted molar refractivity (Wildman–Crippen MR) is 119 cm³/mol. The van der Waals surface area contributed by atoms with Crippen LogP contribution in [-0.2, 0) is 10.9 Å². The number of aromatic nitrogens is 5. The second-order valence-corrected chi connectivity index (χ2v) is 9.13. The lowest BCUT2D eigenvalue weighted by Crippen LogP contribution is -2.39. The normalized spacial score (nSPS) is 15.0. The fourth-order valence-corrected chi connectivity index (χ4v) is 3.91. The van der Waals surface area contributed by atoms with Gasteiger partial charge in [-0.25, -0.2) is 14.8 Å². The van der Waals surface area contributed by atoms with E-state index in [0.29, 0.717) is 29.9 Å². The smallest absolute Gasteiger partial charge is 0.417 e. The first-order chi connectivity index (χ1) is 16.5. The van der Waals surface area contributed by atoms with E-state index >= 15 is 0 Å². The summed E-state index contributed by atoms with van der Waals surface area (Å²) in [7, 11) is 0. The van der Waals surface area contributed by atoms with Gasteiger partial charge in [-0.3, -0.25) is 4.40 Å². The van der Waals surface area contributed by atoms with Crippen molar-refractivity contribution in [3.05, 3.63) is 48.1 Å². The summed E-state index contributed by atoms with van der Waals surface area (Å²) in [5.74, 6) is 0.145. The third-order valence-corrected chi connectivity index (χ3v) is 5.47. The van der Waals surface area contributed by atoms with Crippen molar-refractivity contribution >= 4 is 28.3 Å². The van der Waals surface area contributed by atoms with E-state index in [4.69, 9.17) is 9.15 Å². The molecule has 0 saturated heterocycles. The Bertz CT molecular complexity index is 1450. The van der Waals surface area contributed by atoms with E-state index in [1.807, 2.05) is 0 Å². The van der Waals surface area contributed by atoms with Crippen LogP contribution in [0.3, 0.4) is 0 Å². The number of nitrogens with zero attached hydrogens (tertiary/aromatic N) is 6. The Morgan fingerprint density at radius 3 is 2.57 bits per heavy atom. The molecular weight excluding hydrogens is 465 g/mol. The van der Waals surface area contributed by atoms with E-state index in [1.165, 1.54) is 27.6 Å². The molecule has 5 rings (SSSR count). The molecule has 0 N–H and O–H groups in total. The standard InChI is InChI=1S/C23H21F3N6O3/c1-22(2,3)35-21(33)31-8-6-13(7-9-31)16-10-15(23(24,25)26)14-4-5-18-28-17(20-30-27-12-34-20)11-32(18)19(14)29-16/h4-6,10-12H,7-9H2,1-3H3. The van der Waals surface area contributed by atoms with Gasteiger partial charge in [-0.2, -0.15) is 13.2 Å². The first kappa shape index (κ1) is 22.8. The fraction of sp³-hybridized carbons (Fsp3) is 0.348. The lowest BCUT2D eigenvalue weighted by molar-refractivity contribution is -0.136. The maximum atomic E-state index is 14.0. The maximum absolute atomic E-state index is 14.0. The molecular formula is C23H21F3N6O3. The number of amides is 1. The zero-order valence-electron chi connectivity index (χ0n) is 19.1. The van der Waals surface area contributed by atoms with Gasteiger partial charge in [0.25, 0.3) is 5.89 Å². The van der Waals surface area contributed by atoms with Crippen LogP contribution in [-0.4, -0.2) is 54.2 Å². The number of carbonyl (C=O) groups excluding carboxylic acids is 1. The summed E-state index contributed by atoms with van der Waals surface area (Å²) in [6.07, 6.45) is -0.365. The maximum Gasteiger partial charge on any atom is 0.417 e. The summed E-state index contributed by atoms with van der Waals surface area (Å²) in [6, 6.07) is 3.89. The van der Waals surface area contributed by atoms with Crippen molar-refractivity contribution in [2.45, 2.75) is 39.0 Å². The third kappa shape index (κ3) is 4.43. The van der Waals surface area contributed by atoms with Gasteiger partial charge < -0.3 is 14.1 Å². The molecule has 0 aliphatic carbocycles. The highest BCUT2D eigenvalue weighted by molar-refractivity contribution is 5.85. The van der Waals surface area contributed by atoms with Crippen LogP contribution in [0.25, 0.3) is 33.8 Å². The molecule has 0 atom stereocenters. The number of fused-ring (bicyclic) bond motifs is 3. The van der Waals surface area contributed by atoms with Crippen LogP contribution in [0.5, 0.6) is 0 Å². The molecule has 0 spiro atoms. The van der Waals surface area contributed by atoms with Gasteiger partial charge in [0.2, 0.25) is 6.39 Å². The molecule has 182 valence electrons. The molecule has 0 radical (unpaired) electrons. The topological polar surface area (TPSA) is 98.7 Å². The molecule has 1 aliphatic heterocycles. The zero-order chi connectivity index (χ0) is 25.0. The lowest BCUT2D eigenvalue weighted by Gasteiger charge is -2.29. The third-order valence-electron chi connectivity index (χ3n) is 5.47. The van der Waals surface area contributed by atoms with E-state index in [0.717, 1.165) is 12.5 Å². The molecule has 0 bridgehead atoms. The molecule has 12 heteroatoms. The number of hydrogen-bond donors (Lipinski definition) is 0. The largest absolute Gasteiger partial charge is 0.444 e. The highest BCUT2D eigenvalue weighted by atomic mass is 19.4. The number of rotatable bonds is 2. The number of ether oxygens (including phenoxy) is 1. The Kier molecular flexibility index (Phi) is 5.26. The van der Waals surface area contributed by atoms with Gasteiger partial charge >= 0.3 is 12.3 Å². The van der Waals surface area contributed by atoms with E-state index in [1.54, 1.807) is 26.8 Å². The molecule has 4 aromatic heterocycles. The molecule has 5 heterocycles. The number of carbonyl (C=O) groups is 1. The molecule has 0 aromatic carbocycles. The van der Waals surface area contributed by atoms with Crippen molar-refractivity contribution in [2.24, 2.45) is 0 Å². The van der Waals surface area contributed by atoms with Crippen molar-refractivity contribution in [3.8, 4) is 11.6 Å². The van der Waals surface area contributed by atoms with Crippen molar-refractivity contribution in [3.63, 3.8) is 0 Å². The number of imidazole rings is 1. The van der Waals surface area contributed by atoms with Crippen molar-refractivity contribution < 1.29 is 27.1 Å². The quantitative estimate of drug-likeness (QED) is 0.394. The predicted octanol–water partition coefficient (Wildman–Crippen LogP) is 4.98. The number of alkyl halides is 3. The number of halogens is 3. The highest BCUT2D eigenvalue weighted by Crippen LogP contribution is 2.37. The minimum absolute atomic E-state index is 0.0602. The van der Waals surface area contributed by atoms with Gasteiger partial charge in [0.1, 0.15) is 22.6 Å². The second-order valence-electron chi connectivity index (χ2n) is 9.13. The first-order valence-electron chi connectivity index (χ1n) is 10.8. The zero-order valence-corrected chi connectivity index (χ0v) is 19.1. The monoisotopic (exact) mass is 486 g/mol. The van der Waals surface area contributed by atoms with Crippen LogP contribution in [0.15, 0.2) is 41.3 Å². The van der Waals surface area contributed by atoms with Gasteiger partial charge in [-0.05, 0) is 51.0 Å². The van der Waals surface area contributed by atoms with E-state index in [2.05, 4.69) is 20.2 Å². The van der Waals surface area contributed by atoms with Gasteiger partial charge in [0, 0.05) is 24.7 Å². The van der Waals surface area contributed by atoms with Gasteiger partial charge in [-0.15, -0.1) is 10.2 Å². The molecule has 0 unspecified atom stereocenters. The van der Waals surface area contributed by atoms with E-state index < -0.39 is 23.4 Å². The van der Waals surface area contributed by atoms with Gasteiger partial charge in [0.15, 0.2) is 0 Å². The summed E-state index contributed by atoms with van der Waals surface area (Å²) in [5.41, 5.74) is 0.168. The van der Waals surface area contributed by atoms with Crippen LogP contribution in [0, 0.1) is 0 Å². The fourth-order valence-electron chi connectivity index (χ4n) is 3.91. The van der Waals surface area contributed by atoms with Crippen LogP contribution < -0.4 is 0 Å². The van der Waals surface area contributed by atoms with E-state index in [-0.39, 0.29) is 29.2 Å². The van der Waals surface area contributed by atoms with Crippen LogP contribution >= 0.6 is 0 Å². The Morgan fingerprint density at radius 2 is 1.94 bits per heavy atom. The van der Waals surface area contributed by atoms with Crippen molar-refractivity contribution in [1.29, 1.82) is 0 Å². The minimum atomic E-state index is -4.60. The van der Waals surface area contributed by atoms with Crippen LogP contribution in [0.2, 0.25) is 0 Å². The number of hydrogen-bond acceptors (Lipinski definition) is 7. The summed E-state index contributed by atoms with van der Waals surface area (Å²) >= 11 is 0. The molecule has 1 amide bonds. The molecule has 9 nitrogen and oxygen atoms in total. The molecule has 35 heavy (non-hydrogen) atoms. The number of pyridine rings is 2. The van der Waals surface area contributed by atoms with Crippen molar-refractivity contribution in [1.82, 2.24) is 29.5 Å². The summed E-state index contributed by atoms with van der Waals surface area (Å²) < 4.78 is 54.2. The lowest BCUT2D eigenvalue weighted by atomic mass is 10.0. The highest BCUT2D eigenvalue weighted by Gasteiger charge is 2.35. The van der Waals surface area contributed by atoms with Crippen LogP contribution in [0.1, 0.15) is 38.4 Å². The molecule has 0 saturated carbocycles. The molecule has 0 fully saturated rings. The Morgan fingerprint density at radius 1 is 1.14 bits per heavy atom. The second kappa shape index (κ2) is 8.07. The summed E-state index contributed by atoms with van der Waals surface area (Å²) in [5, 5.41) is 7.36. The summed E-state index contributed by atoms with van der Waals surface area (Å²) in [4.78, 5) is 22.8. The Labute approximate surface area is 197 Å². The Hall–Kier alpha value is -3.96. The van der Waals surface area contributed by atoms with Crippen molar-refractivity contribution in [2.75, 3.05) is 13.1 Å². The Balaban J connectivity index is 1.58. The van der Waals surface area contributed by atoms with E-state index in [9.17, 15) is 18.0 Å². The average molecular weight is 486 g/mol. The summed E-state index contributed by atoms with van der Waals surface area (Å²) in [6.45, 7) is 5.83. The molecule has 1 aliphatic rings. The first-order valence-corrected chi connectivity index (χ1v) is 10.8. The van der Waals surface area contributed by atoms with Gasteiger partial charge in [0.05, 0.1) is 11.3 Å². The minimum Gasteiger partial charge on any atom is -0.444 e. The average Bonchev–Trinajstić information content (AvgIpc) is 3.46. The van der Waals surface area contributed by atoms with Crippen LogP contribution in [0.4, 0.5) is 18.0 Å². The molecule has 4 aromatic rings. The van der Waals surface area contributed by atoms with Gasteiger partial charge in [-0.1, -0.05) is 6.08 Å².